The average molecular weight is 354 g/mol. The van der Waals surface area contributed by atoms with Crippen molar-refractivity contribution in [3.63, 3.8) is 0 Å². The number of rotatable bonds is 5. The lowest BCUT2D eigenvalue weighted by Crippen LogP contribution is -2.36. The molecule has 1 fully saturated rings. The standard InChI is InChI=1S/C19H26N6O/c1-13(2)25-19-15(10-23-25)6-14(9-22-19)8-21-16-4-5-26-18(7-16)17-11-20-12-24(17)3/h6,9-13,16,18,21H,4-5,7-8H2,1-3H3/t16-,18-/m1/s1. The van der Waals surface area contributed by atoms with Gasteiger partial charge in [0.25, 0.3) is 0 Å². The third-order valence-electron chi connectivity index (χ3n) is 5.04. The van der Waals surface area contributed by atoms with Crippen molar-refractivity contribution in [2.45, 2.75) is 51.4 Å². The van der Waals surface area contributed by atoms with Crippen LogP contribution < -0.4 is 5.32 Å². The van der Waals surface area contributed by atoms with Gasteiger partial charge >= 0.3 is 0 Å². The third-order valence-corrected chi connectivity index (χ3v) is 5.04. The first-order valence-electron chi connectivity index (χ1n) is 9.25. The summed E-state index contributed by atoms with van der Waals surface area (Å²) in [5.41, 5.74) is 3.27. The Kier molecular flexibility index (Phi) is 4.74. The van der Waals surface area contributed by atoms with Crippen molar-refractivity contribution in [2.75, 3.05) is 6.61 Å². The zero-order chi connectivity index (χ0) is 18.1. The molecule has 138 valence electrons. The summed E-state index contributed by atoms with van der Waals surface area (Å²) in [5.74, 6) is 0. The Labute approximate surface area is 153 Å². The number of pyridine rings is 1. The van der Waals surface area contributed by atoms with E-state index in [1.165, 1.54) is 5.56 Å². The molecule has 0 saturated carbocycles. The molecular formula is C19H26N6O. The highest BCUT2D eigenvalue weighted by molar-refractivity contribution is 5.75. The molecule has 1 aliphatic heterocycles. The molecule has 4 rings (SSSR count). The molecule has 0 spiro atoms. The minimum absolute atomic E-state index is 0.110. The summed E-state index contributed by atoms with van der Waals surface area (Å²) in [7, 11) is 2.01. The maximum Gasteiger partial charge on any atom is 0.157 e. The van der Waals surface area contributed by atoms with Gasteiger partial charge in [-0.3, -0.25) is 0 Å². The van der Waals surface area contributed by atoms with Crippen LogP contribution in [0.1, 0.15) is 50.1 Å². The number of nitrogens with zero attached hydrogens (tertiary/aromatic N) is 5. The van der Waals surface area contributed by atoms with Gasteiger partial charge in [-0.05, 0) is 38.3 Å². The first-order valence-corrected chi connectivity index (χ1v) is 9.25. The Morgan fingerprint density at radius 3 is 2.96 bits per heavy atom. The topological polar surface area (TPSA) is 69.8 Å². The van der Waals surface area contributed by atoms with Gasteiger partial charge in [0.05, 0.1) is 24.4 Å². The fraction of sp³-hybridized carbons (Fsp3) is 0.526. The minimum atomic E-state index is 0.110. The summed E-state index contributed by atoms with van der Waals surface area (Å²) < 4.78 is 9.94. The van der Waals surface area contributed by atoms with Crippen LogP contribution in [0.15, 0.2) is 31.0 Å². The first-order chi connectivity index (χ1) is 12.6. The van der Waals surface area contributed by atoms with E-state index in [4.69, 9.17) is 4.74 Å². The highest BCUT2D eigenvalue weighted by Gasteiger charge is 2.25. The molecule has 7 heteroatoms. The largest absolute Gasteiger partial charge is 0.372 e. The predicted octanol–water partition coefficient (Wildman–Crippen LogP) is 2.76. The van der Waals surface area contributed by atoms with Gasteiger partial charge in [-0.15, -0.1) is 0 Å². The van der Waals surface area contributed by atoms with Crippen molar-refractivity contribution in [3.8, 4) is 0 Å². The second-order valence-electron chi connectivity index (χ2n) is 7.33. The molecule has 0 unspecified atom stereocenters. The molecular weight excluding hydrogens is 328 g/mol. The van der Waals surface area contributed by atoms with E-state index in [0.29, 0.717) is 12.1 Å². The van der Waals surface area contributed by atoms with E-state index in [1.807, 2.05) is 41.2 Å². The predicted molar refractivity (Wildman–Crippen MR) is 99.7 cm³/mol. The van der Waals surface area contributed by atoms with Crippen molar-refractivity contribution >= 4 is 11.0 Å². The van der Waals surface area contributed by atoms with Crippen molar-refractivity contribution in [1.29, 1.82) is 0 Å². The van der Waals surface area contributed by atoms with Gasteiger partial charge in [-0.1, -0.05) is 0 Å². The van der Waals surface area contributed by atoms with Crippen molar-refractivity contribution < 1.29 is 4.74 Å². The first kappa shape index (κ1) is 17.2. The van der Waals surface area contributed by atoms with Gasteiger partial charge in [0.1, 0.15) is 6.10 Å². The van der Waals surface area contributed by atoms with Gasteiger partial charge in [-0.25, -0.2) is 14.6 Å². The number of ether oxygens (including phenoxy) is 1. The van der Waals surface area contributed by atoms with Crippen LogP contribution in [-0.2, 0) is 18.3 Å². The number of hydrogen-bond acceptors (Lipinski definition) is 5. The molecule has 2 atom stereocenters. The van der Waals surface area contributed by atoms with E-state index >= 15 is 0 Å². The number of imidazole rings is 1. The summed E-state index contributed by atoms with van der Waals surface area (Å²) >= 11 is 0. The van der Waals surface area contributed by atoms with Crippen molar-refractivity contribution in [1.82, 2.24) is 29.6 Å². The Hall–Kier alpha value is -2.25. The van der Waals surface area contributed by atoms with Gasteiger partial charge in [0.2, 0.25) is 0 Å². The zero-order valence-corrected chi connectivity index (χ0v) is 15.6. The number of aromatic nitrogens is 5. The van der Waals surface area contributed by atoms with Crippen LogP contribution in [0.2, 0.25) is 0 Å². The summed E-state index contributed by atoms with van der Waals surface area (Å²) in [4.78, 5) is 8.82. The van der Waals surface area contributed by atoms with Crippen LogP contribution in [0.3, 0.4) is 0 Å². The number of aryl methyl sites for hydroxylation is 1. The van der Waals surface area contributed by atoms with E-state index < -0.39 is 0 Å². The van der Waals surface area contributed by atoms with Crippen LogP contribution in [0.4, 0.5) is 0 Å². The van der Waals surface area contributed by atoms with E-state index in [-0.39, 0.29) is 6.10 Å². The number of hydrogen-bond donors (Lipinski definition) is 1. The van der Waals surface area contributed by atoms with Gasteiger partial charge in [0.15, 0.2) is 5.65 Å². The summed E-state index contributed by atoms with van der Waals surface area (Å²) in [6.07, 6.45) is 9.67. The average Bonchev–Trinajstić information content (AvgIpc) is 3.26. The van der Waals surface area contributed by atoms with Gasteiger partial charge < -0.3 is 14.6 Å². The molecule has 1 aliphatic rings. The fourth-order valence-corrected chi connectivity index (χ4v) is 3.59. The van der Waals surface area contributed by atoms with E-state index in [1.54, 1.807) is 0 Å². The molecule has 0 radical (unpaired) electrons. The van der Waals surface area contributed by atoms with Crippen molar-refractivity contribution in [3.05, 3.63) is 42.2 Å². The van der Waals surface area contributed by atoms with Crippen LogP contribution in [-0.4, -0.2) is 37.0 Å². The quantitative estimate of drug-likeness (QED) is 0.763. The molecule has 0 aliphatic carbocycles. The van der Waals surface area contributed by atoms with Crippen LogP contribution in [0.25, 0.3) is 11.0 Å². The molecule has 3 aromatic heterocycles. The lowest BCUT2D eigenvalue weighted by molar-refractivity contribution is -0.00404. The smallest absolute Gasteiger partial charge is 0.157 e. The van der Waals surface area contributed by atoms with E-state index in [2.05, 4.69) is 40.3 Å². The molecule has 0 amide bonds. The molecule has 0 aromatic carbocycles. The van der Waals surface area contributed by atoms with E-state index in [9.17, 15) is 0 Å². The molecule has 7 nitrogen and oxygen atoms in total. The monoisotopic (exact) mass is 354 g/mol. The van der Waals surface area contributed by atoms with E-state index in [0.717, 1.165) is 42.7 Å². The molecule has 26 heavy (non-hydrogen) atoms. The number of fused-ring (bicyclic) bond motifs is 1. The van der Waals surface area contributed by atoms with Crippen LogP contribution in [0.5, 0.6) is 0 Å². The van der Waals surface area contributed by atoms with Crippen molar-refractivity contribution in [2.24, 2.45) is 7.05 Å². The number of nitrogens with one attached hydrogen (secondary N) is 1. The summed E-state index contributed by atoms with van der Waals surface area (Å²) in [6.45, 7) is 5.81. The van der Waals surface area contributed by atoms with Gasteiger partial charge in [0, 0.05) is 43.9 Å². The highest BCUT2D eigenvalue weighted by atomic mass is 16.5. The van der Waals surface area contributed by atoms with Gasteiger partial charge in [-0.2, -0.15) is 5.10 Å². The highest BCUT2D eigenvalue weighted by Crippen LogP contribution is 2.27. The SMILES string of the molecule is CC(C)n1ncc2cc(CN[C@@H]3CCO[C@@H](c4cncn4C)C3)cnc21. The Morgan fingerprint density at radius 2 is 2.19 bits per heavy atom. The van der Waals surface area contributed by atoms with Crippen LogP contribution in [0, 0.1) is 0 Å². The lowest BCUT2D eigenvalue weighted by Gasteiger charge is -2.30. The second kappa shape index (κ2) is 7.17. The third kappa shape index (κ3) is 3.37. The maximum absolute atomic E-state index is 5.94. The zero-order valence-electron chi connectivity index (χ0n) is 15.6. The fourth-order valence-electron chi connectivity index (χ4n) is 3.59. The molecule has 1 saturated heterocycles. The second-order valence-corrected chi connectivity index (χ2v) is 7.33. The molecule has 0 bridgehead atoms. The molecule has 3 aromatic rings. The Balaban J connectivity index is 1.40. The van der Waals surface area contributed by atoms with Crippen LogP contribution >= 0.6 is 0 Å². The Bertz CT molecular complexity index is 883. The molecule has 1 N–H and O–H groups in total. The summed E-state index contributed by atoms with van der Waals surface area (Å²) in [5, 5.41) is 9.20. The summed E-state index contributed by atoms with van der Waals surface area (Å²) in [6, 6.07) is 2.92. The normalized spacial score (nSPS) is 20.9. The maximum atomic E-state index is 5.94. The lowest BCUT2D eigenvalue weighted by atomic mass is 10.0. The molecule has 4 heterocycles. The minimum Gasteiger partial charge on any atom is -0.372 e. The Morgan fingerprint density at radius 1 is 1.31 bits per heavy atom.